The number of nitrogens with zero attached hydrogens (tertiary/aromatic N) is 2. The summed E-state index contributed by atoms with van der Waals surface area (Å²) in [6, 6.07) is 4.32. The summed E-state index contributed by atoms with van der Waals surface area (Å²) in [5.41, 5.74) is 0.682. The molecule has 0 unspecified atom stereocenters. The van der Waals surface area contributed by atoms with Gasteiger partial charge in [-0.15, -0.1) is 0 Å². The molecule has 0 aliphatic carbocycles. The van der Waals surface area contributed by atoms with Gasteiger partial charge in [0.25, 0.3) is 5.89 Å². The van der Waals surface area contributed by atoms with Gasteiger partial charge in [0.2, 0.25) is 0 Å². The zero-order chi connectivity index (χ0) is 12.3. The van der Waals surface area contributed by atoms with Crippen molar-refractivity contribution in [1.29, 1.82) is 0 Å². The predicted octanol–water partition coefficient (Wildman–Crippen LogP) is 2.75. The second-order valence-corrected chi connectivity index (χ2v) is 4.27. The third-order valence-electron chi connectivity index (χ3n) is 2.16. The van der Waals surface area contributed by atoms with Gasteiger partial charge in [0.05, 0.1) is 12.1 Å². The molecule has 1 N–H and O–H groups in total. The van der Waals surface area contributed by atoms with Gasteiger partial charge < -0.3 is 9.84 Å². The molecule has 1 aromatic heterocycles. The molecule has 0 aliphatic heterocycles. The molecule has 6 heteroatoms. The van der Waals surface area contributed by atoms with E-state index in [1.165, 1.54) is 12.1 Å². The van der Waals surface area contributed by atoms with Gasteiger partial charge in [-0.05, 0) is 40.7 Å². The van der Waals surface area contributed by atoms with Crippen LogP contribution in [0.15, 0.2) is 27.2 Å². The van der Waals surface area contributed by atoms with Crippen molar-refractivity contribution in [3.05, 3.63) is 34.3 Å². The predicted molar refractivity (Wildman–Crippen MR) is 64.8 cm³/mol. The molecule has 0 saturated heterocycles. The number of nitrogens with one attached hydrogen (secondary N) is 1. The Bertz CT molecular complexity index is 515. The lowest BCUT2D eigenvalue weighted by Crippen LogP contribution is -2.12. The van der Waals surface area contributed by atoms with E-state index in [-0.39, 0.29) is 5.82 Å². The van der Waals surface area contributed by atoms with Crippen LogP contribution in [0.3, 0.4) is 0 Å². The highest BCUT2D eigenvalue weighted by molar-refractivity contribution is 9.10. The molecular weight excluding hydrogens is 289 g/mol. The molecule has 1 aromatic carbocycles. The highest BCUT2D eigenvalue weighted by Crippen LogP contribution is 2.27. The van der Waals surface area contributed by atoms with E-state index in [9.17, 15) is 4.39 Å². The Hall–Kier alpha value is -1.27. The van der Waals surface area contributed by atoms with Crippen molar-refractivity contribution >= 4 is 15.9 Å². The number of halogens is 2. The summed E-state index contributed by atoms with van der Waals surface area (Å²) < 4.78 is 18.6. The molecular formula is C11H11BrFN3O. The summed E-state index contributed by atoms with van der Waals surface area (Å²) in [5.74, 6) is 0.649. The maximum absolute atomic E-state index is 12.9. The van der Waals surface area contributed by atoms with E-state index < -0.39 is 0 Å². The zero-order valence-corrected chi connectivity index (χ0v) is 10.8. The summed E-state index contributed by atoms with van der Waals surface area (Å²) >= 11 is 3.26. The number of hydrogen-bond acceptors (Lipinski definition) is 4. The maximum Gasteiger partial charge on any atom is 0.259 e. The van der Waals surface area contributed by atoms with E-state index in [0.717, 1.165) is 6.54 Å². The Labute approximate surface area is 106 Å². The summed E-state index contributed by atoms with van der Waals surface area (Å²) in [6.07, 6.45) is 0. The van der Waals surface area contributed by atoms with Crippen molar-refractivity contribution < 1.29 is 8.91 Å². The van der Waals surface area contributed by atoms with E-state index in [1.54, 1.807) is 6.07 Å². The van der Waals surface area contributed by atoms with E-state index in [4.69, 9.17) is 4.52 Å². The van der Waals surface area contributed by atoms with Crippen molar-refractivity contribution in [2.75, 3.05) is 6.54 Å². The third-order valence-corrected chi connectivity index (χ3v) is 2.82. The first-order valence-corrected chi connectivity index (χ1v) is 5.98. The molecule has 17 heavy (non-hydrogen) atoms. The van der Waals surface area contributed by atoms with Crippen LogP contribution in [-0.2, 0) is 6.54 Å². The van der Waals surface area contributed by atoms with E-state index in [0.29, 0.717) is 28.3 Å². The molecule has 0 spiro atoms. The van der Waals surface area contributed by atoms with Crippen LogP contribution < -0.4 is 5.32 Å². The Morgan fingerprint density at radius 3 is 3.00 bits per heavy atom. The third kappa shape index (κ3) is 2.89. The molecule has 0 amide bonds. The van der Waals surface area contributed by atoms with Crippen LogP contribution in [0.4, 0.5) is 4.39 Å². The van der Waals surface area contributed by atoms with Crippen LogP contribution in [0, 0.1) is 5.82 Å². The molecule has 2 rings (SSSR count). The van der Waals surface area contributed by atoms with Gasteiger partial charge in [-0.25, -0.2) is 4.39 Å². The Morgan fingerprint density at radius 2 is 2.29 bits per heavy atom. The monoisotopic (exact) mass is 299 g/mol. The molecule has 0 saturated carbocycles. The minimum Gasteiger partial charge on any atom is -0.334 e. The second kappa shape index (κ2) is 5.37. The summed E-state index contributed by atoms with van der Waals surface area (Å²) in [7, 11) is 0. The minimum atomic E-state index is -0.312. The second-order valence-electron chi connectivity index (χ2n) is 3.42. The lowest BCUT2D eigenvalue weighted by atomic mass is 10.2. The quantitative estimate of drug-likeness (QED) is 0.943. The Kier molecular flexibility index (Phi) is 3.86. The molecule has 4 nitrogen and oxygen atoms in total. The van der Waals surface area contributed by atoms with Crippen LogP contribution >= 0.6 is 15.9 Å². The average molecular weight is 300 g/mol. The zero-order valence-electron chi connectivity index (χ0n) is 9.20. The molecule has 2 aromatic rings. The largest absolute Gasteiger partial charge is 0.334 e. The van der Waals surface area contributed by atoms with Gasteiger partial charge in [-0.2, -0.15) is 4.98 Å². The maximum atomic E-state index is 12.9. The van der Waals surface area contributed by atoms with Crippen LogP contribution in [0.1, 0.15) is 12.7 Å². The number of aromatic nitrogens is 2. The number of rotatable bonds is 4. The van der Waals surface area contributed by atoms with Gasteiger partial charge in [0.1, 0.15) is 5.82 Å². The van der Waals surface area contributed by atoms with Gasteiger partial charge in [-0.3, -0.25) is 0 Å². The van der Waals surface area contributed by atoms with Crippen molar-refractivity contribution in [3.8, 4) is 11.5 Å². The molecule has 0 fully saturated rings. The fourth-order valence-corrected chi connectivity index (χ4v) is 1.86. The first-order chi connectivity index (χ1) is 8.20. The molecule has 0 bridgehead atoms. The Morgan fingerprint density at radius 1 is 1.47 bits per heavy atom. The molecule has 1 heterocycles. The topological polar surface area (TPSA) is 51.0 Å². The summed E-state index contributed by atoms with van der Waals surface area (Å²) in [4.78, 5) is 4.22. The fourth-order valence-electron chi connectivity index (χ4n) is 1.33. The van der Waals surface area contributed by atoms with Crippen LogP contribution in [0.25, 0.3) is 11.5 Å². The minimum absolute atomic E-state index is 0.312. The fraction of sp³-hybridized carbons (Fsp3) is 0.273. The Balaban J connectivity index is 2.24. The smallest absolute Gasteiger partial charge is 0.259 e. The highest BCUT2D eigenvalue weighted by Gasteiger charge is 2.12. The molecule has 0 atom stereocenters. The molecule has 0 aliphatic rings. The van der Waals surface area contributed by atoms with Crippen LogP contribution in [0.5, 0.6) is 0 Å². The van der Waals surface area contributed by atoms with Gasteiger partial charge in [0, 0.05) is 4.47 Å². The van der Waals surface area contributed by atoms with Crippen LogP contribution in [-0.4, -0.2) is 16.7 Å². The average Bonchev–Trinajstić information content (AvgIpc) is 2.75. The van der Waals surface area contributed by atoms with Crippen LogP contribution in [0.2, 0.25) is 0 Å². The van der Waals surface area contributed by atoms with Crippen molar-refractivity contribution in [1.82, 2.24) is 15.5 Å². The highest BCUT2D eigenvalue weighted by atomic mass is 79.9. The van der Waals surface area contributed by atoms with Crippen molar-refractivity contribution in [2.24, 2.45) is 0 Å². The van der Waals surface area contributed by atoms with E-state index >= 15 is 0 Å². The normalized spacial score (nSPS) is 10.8. The standard InChI is InChI=1S/C11H11BrFN3O/c1-2-14-6-10-15-11(17-16-10)8-4-3-7(13)5-9(8)12/h3-5,14H,2,6H2,1H3. The first kappa shape index (κ1) is 12.2. The number of benzene rings is 1. The number of hydrogen-bond donors (Lipinski definition) is 1. The lowest BCUT2D eigenvalue weighted by molar-refractivity contribution is 0.419. The summed E-state index contributed by atoms with van der Waals surface area (Å²) in [5, 5.41) is 6.93. The van der Waals surface area contributed by atoms with Gasteiger partial charge in [-0.1, -0.05) is 12.1 Å². The van der Waals surface area contributed by atoms with Gasteiger partial charge in [0.15, 0.2) is 5.82 Å². The SMILES string of the molecule is CCNCc1noc(-c2ccc(F)cc2Br)n1. The van der Waals surface area contributed by atoms with Crippen molar-refractivity contribution in [3.63, 3.8) is 0 Å². The van der Waals surface area contributed by atoms with E-state index in [2.05, 4.69) is 31.4 Å². The molecule has 0 radical (unpaired) electrons. The van der Waals surface area contributed by atoms with E-state index in [1.807, 2.05) is 6.92 Å². The molecule has 90 valence electrons. The van der Waals surface area contributed by atoms with Crippen molar-refractivity contribution in [2.45, 2.75) is 13.5 Å². The lowest BCUT2D eigenvalue weighted by Gasteiger charge is -1.98. The summed E-state index contributed by atoms with van der Waals surface area (Å²) in [6.45, 7) is 3.39. The van der Waals surface area contributed by atoms with Gasteiger partial charge >= 0.3 is 0 Å². The first-order valence-electron chi connectivity index (χ1n) is 5.19.